The second kappa shape index (κ2) is 8.39. The molecule has 1 aromatic rings. The first-order valence-corrected chi connectivity index (χ1v) is 7.50. The van der Waals surface area contributed by atoms with E-state index in [4.69, 9.17) is 10.2 Å². The Morgan fingerprint density at radius 1 is 1.11 bits per heavy atom. The van der Waals surface area contributed by atoms with Crippen molar-refractivity contribution >= 4 is 0 Å². The Morgan fingerprint density at radius 3 is 2.16 bits per heavy atom. The summed E-state index contributed by atoms with van der Waals surface area (Å²) in [4.78, 5) is 2.53. The molecule has 1 rings (SSSR count). The maximum atomic E-state index is 5.70. The summed E-state index contributed by atoms with van der Waals surface area (Å²) >= 11 is 0. The molecule has 0 aliphatic heterocycles. The fourth-order valence-electron chi connectivity index (χ4n) is 2.08. The highest BCUT2D eigenvalue weighted by Crippen LogP contribution is 2.15. The van der Waals surface area contributed by atoms with E-state index in [9.17, 15) is 0 Å². The number of furan rings is 1. The van der Waals surface area contributed by atoms with Crippen LogP contribution in [0, 0.1) is 11.8 Å². The molecule has 2 N–H and O–H groups in total. The Balaban J connectivity index is 2.56. The number of rotatable bonds is 9. The van der Waals surface area contributed by atoms with Crippen molar-refractivity contribution in [3.8, 4) is 0 Å². The summed E-state index contributed by atoms with van der Waals surface area (Å²) in [5, 5.41) is 0. The molecule has 0 bridgehead atoms. The molecule has 0 spiro atoms. The van der Waals surface area contributed by atoms with Gasteiger partial charge in [0, 0.05) is 12.1 Å². The van der Waals surface area contributed by atoms with Crippen molar-refractivity contribution in [2.75, 3.05) is 13.1 Å². The lowest BCUT2D eigenvalue weighted by Crippen LogP contribution is -2.27. The highest BCUT2D eigenvalue weighted by atomic mass is 16.3. The van der Waals surface area contributed by atoms with Gasteiger partial charge in [-0.1, -0.05) is 27.7 Å². The zero-order valence-electron chi connectivity index (χ0n) is 13.0. The lowest BCUT2D eigenvalue weighted by molar-refractivity contribution is 0.234. The summed E-state index contributed by atoms with van der Waals surface area (Å²) in [7, 11) is 0. The van der Waals surface area contributed by atoms with Crippen LogP contribution in [0.3, 0.4) is 0 Å². The van der Waals surface area contributed by atoms with Gasteiger partial charge < -0.3 is 10.2 Å². The first kappa shape index (κ1) is 16.3. The first-order valence-electron chi connectivity index (χ1n) is 7.50. The zero-order valence-corrected chi connectivity index (χ0v) is 13.0. The fraction of sp³-hybridized carbons (Fsp3) is 0.750. The van der Waals surface area contributed by atoms with Crippen molar-refractivity contribution in [2.45, 2.75) is 53.6 Å². The van der Waals surface area contributed by atoms with Crippen molar-refractivity contribution in [1.29, 1.82) is 0 Å². The van der Waals surface area contributed by atoms with E-state index >= 15 is 0 Å². The molecule has 0 saturated carbocycles. The van der Waals surface area contributed by atoms with Crippen LogP contribution in [0.4, 0.5) is 0 Å². The van der Waals surface area contributed by atoms with Crippen molar-refractivity contribution in [2.24, 2.45) is 17.6 Å². The lowest BCUT2D eigenvalue weighted by atomic mass is 10.1. The SMILES string of the molecule is CC(C)CCN(CCC(C)C)Cc1ccoc1CN. The Labute approximate surface area is 118 Å². The molecular formula is C16H30N2O. The maximum Gasteiger partial charge on any atom is 0.121 e. The fourth-order valence-corrected chi connectivity index (χ4v) is 2.08. The Bertz CT molecular complexity index is 332. The number of hydrogen-bond acceptors (Lipinski definition) is 3. The van der Waals surface area contributed by atoms with Gasteiger partial charge in [-0.2, -0.15) is 0 Å². The van der Waals surface area contributed by atoms with E-state index in [1.54, 1.807) is 6.26 Å². The monoisotopic (exact) mass is 266 g/mol. The van der Waals surface area contributed by atoms with Crippen LogP contribution in [-0.2, 0) is 13.1 Å². The highest BCUT2D eigenvalue weighted by molar-refractivity contribution is 5.16. The molecule has 3 heteroatoms. The van der Waals surface area contributed by atoms with E-state index in [2.05, 4.69) is 38.7 Å². The average molecular weight is 266 g/mol. The summed E-state index contributed by atoms with van der Waals surface area (Å²) < 4.78 is 5.41. The minimum Gasteiger partial charge on any atom is -0.468 e. The molecule has 1 heterocycles. The number of hydrogen-bond donors (Lipinski definition) is 1. The predicted octanol–water partition coefficient (Wildman–Crippen LogP) is 3.63. The smallest absolute Gasteiger partial charge is 0.121 e. The second-order valence-electron chi connectivity index (χ2n) is 6.21. The number of nitrogens with zero attached hydrogens (tertiary/aromatic N) is 1. The topological polar surface area (TPSA) is 42.4 Å². The molecule has 3 nitrogen and oxygen atoms in total. The molecule has 19 heavy (non-hydrogen) atoms. The molecule has 0 fully saturated rings. The highest BCUT2D eigenvalue weighted by Gasteiger charge is 2.12. The van der Waals surface area contributed by atoms with Gasteiger partial charge in [-0.05, 0) is 43.8 Å². The summed E-state index contributed by atoms with van der Waals surface area (Å²) in [6, 6.07) is 2.06. The largest absolute Gasteiger partial charge is 0.468 e. The van der Waals surface area contributed by atoms with E-state index in [0.29, 0.717) is 6.54 Å². The quantitative estimate of drug-likeness (QED) is 0.742. The molecular weight excluding hydrogens is 236 g/mol. The molecule has 0 aliphatic rings. The van der Waals surface area contributed by atoms with Crippen LogP contribution in [-0.4, -0.2) is 18.0 Å². The molecule has 1 aromatic heterocycles. The molecule has 0 atom stereocenters. The molecule has 0 aromatic carbocycles. The van der Waals surface area contributed by atoms with Crippen LogP contribution in [0.25, 0.3) is 0 Å². The summed E-state index contributed by atoms with van der Waals surface area (Å²) in [5.74, 6) is 2.43. The second-order valence-corrected chi connectivity index (χ2v) is 6.21. The molecule has 0 radical (unpaired) electrons. The molecule has 0 aliphatic carbocycles. The lowest BCUT2D eigenvalue weighted by Gasteiger charge is -2.24. The van der Waals surface area contributed by atoms with Gasteiger partial charge in [0.2, 0.25) is 0 Å². The Kier molecular flexibility index (Phi) is 7.17. The van der Waals surface area contributed by atoms with Gasteiger partial charge in [0.15, 0.2) is 0 Å². The maximum absolute atomic E-state index is 5.70. The van der Waals surface area contributed by atoms with E-state index in [1.807, 2.05) is 0 Å². The summed E-state index contributed by atoms with van der Waals surface area (Å²) in [6.07, 6.45) is 4.24. The molecule has 0 unspecified atom stereocenters. The van der Waals surface area contributed by atoms with E-state index in [0.717, 1.165) is 37.2 Å². The van der Waals surface area contributed by atoms with Crippen LogP contribution < -0.4 is 5.73 Å². The summed E-state index contributed by atoms with van der Waals surface area (Å²) in [5.41, 5.74) is 6.95. The van der Waals surface area contributed by atoms with E-state index in [1.165, 1.54) is 18.4 Å². The molecule has 0 saturated heterocycles. The standard InChI is InChI=1S/C16H30N2O/c1-13(2)5-8-18(9-6-14(3)4)12-15-7-10-19-16(15)11-17/h7,10,13-14H,5-6,8-9,11-12,17H2,1-4H3. The van der Waals surface area contributed by atoms with Crippen LogP contribution >= 0.6 is 0 Å². The third-order valence-corrected chi connectivity index (χ3v) is 3.46. The van der Waals surface area contributed by atoms with Gasteiger partial charge in [-0.15, -0.1) is 0 Å². The third-order valence-electron chi connectivity index (χ3n) is 3.46. The number of nitrogens with two attached hydrogens (primary N) is 1. The van der Waals surface area contributed by atoms with Gasteiger partial charge in [0.05, 0.1) is 12.8 Å². The average Bonchev–Trinajstić information content (AvgIpc) is 2.79. The molecule has 110 valence electrons. The van der Waals surface area contributed by atoms with Crippen LogP contribution in [0.1, 0.15) is 51.9 Å². The van der Waals surface area contributed by atoms with E-state index < -0.39 is 0 Å². The third kappa shape index (κ3) is 6.26. The van der Waals surface area contributed by atoms with Crippen molar-refractivity contribution in [1.82, 2.24) is 4.90 Å². The zero-order chi connectivity index (χ0) is 14.3. The minimum absolute atomic E-state index is 0.491. The van der Waals surface area contributed by atoms with Crippen molar-refractivity contribution < 1.29 is 4.42 Å². The first-order chi connectivity index (χ1) is 9.02. The Hall–Kier alpha value is -0.800. The van der Waals surface area contributed by atoms with Crippen LogP contribution in [0.2, 0.25) is 0 Å². The van der Waals surface area contributed by atoms with Gasteiger partial charge in [0.1, 0.15) is 5.76 Å². The van der Waals surface area contributed by atoms with E-state index in [-0.39, 0.29) is 0 Å². The van der Waals surface area contributed by atoms with Gasteiger partial charge >= 0.3 is 0 Å². The van der Waals surface area contributed by atoms with Gasteiger partial charge in [-0.25, -0.2) is 0 Å². The minimum atomic E-state index is 0.491. The van der Waals surface area contributed by atoms with Crippen LogP contribution in [0.15, 0.2) is 16.7 Å². The van der Waals surface area contributed by atoms with Gasteiger partial charge in [0.25, 0.3) is 0 Å². The molecule has 0 amide bonds. The van der Waals surface area contributed by atoms with Crippen molar-refractivity contribution in [3.05, 3.63) is 23.7 Å². The normalized spacial score (nSPS) is 12.0. The Morgan fingerprint density at radius 2 is 1.68 bits per heavy atom. The van der Waals surface area contributed by atoms with Crippen LogP contribution in [0.5, 0.6) is 0 Å². The predicted molar refractivity (Wildman–Crippen MR) is 80.8 cm³/mol. The van der Waals surface area contributed by atoms with Crippen molar-refractivity contribution in [3.63, 3.8) is 0 Å². The van der Waals surface area contributed by atoms with Gasteiger partial charge in [-0.3, -0.25) is 4.90 Å². The summed E-state index contributed by atoms with van der Waals surface area (Å²) in [6.45, 7) is 12.9.